The van der Waals surface area contributed by atoms with E-state index >= 15 is 0 Å². The van der Waals surface area contributed by atoms with Crippen LogP contribution in [0.15, 0.2) is 18.2 Å². The highest BCUT2D eigenvalue weighted by Gasteiger charge is 2.32. The lowest BCUT2D eigenvalue weighted by Gasteiger charge is -2.33. The first-order valence-electron chi connectivity index (χ1n) is 10.3. The third-order valence-corrected chi connectivity index (χ3v) is 7.54. The number of fused-ring (bicyclic) bond motifs is 1. The molecule has 2 aromatic rings. The second-order valence-electron chi connectivity index (χ2n) is 8.90. The number of hydrogen-bond acceptors (Lipinski definition) is 5. The van der Waals surface area contributed by atoms with Crippen LogP contribution < -0.4 is 15.4 Å². The van der Waals surface area contributed by atoms with Gasteiger partial charge in [-0.1, -0.05) is 44.0 Å². The number of carbonyl (C=O) groups is 1. The zero-order chi connectivity index (χ0) is 23.6. The Bertz CT molecular complexity index is 1090. The molecule has 0 radical (unpaired) electrons. The monoisotopic (exact) mass is 509 g/mol. The van der Waals surface area contributed by atoms with Gasteiger partial charge >= 0.3 is 0 Å². The fourth-order valence-electron chi connectivity index (χ4n) is 3.69. The Morgan fingerprint density at radius 1 is 1.38 bits per heavy atom. The van der Waals surface area contributed by atoms with Crippen molar-refractivity contribution in [2.45, 2.75) is 53.1 Å². The highest BCUT2D eigenvalue weighted by atomic mass is 35.5. The first-order valence-corrected chi connectivity index (χ1v) is 12.3. The Kier molecular flexibility index (Phi) is 7.72. The molecule has 0 saturated carbocycles. The molecule has 0 aliphatic heterocycles. The third-order valence-electron chi connectivity index (χ3n) is 5.63. The summed E-state index contributed by atoms with van der Waals surface area (Å²) >= 11 is 18.9. The molecule has 1 aliphatic rings. The van der Waals surface area contributed by atoms with E-state index in [-0.39, 0.29) is 10.5 Å². The Morgan fingerprint density at radius 2 is 2.09 bits per heavy atom. The quantitative estimate of drug-likeness (QED) is 0.469. The summed E-state index contributed by atoms with van der Waals surface area (Å²) in [5, 5.41) is 17.0. The molecule has 0 spiro atoms. The minimum Gasteiger partial charge on any atom is -0.479 e. The molecule has 170 valence electrons. The molecule has 1 heterocycles. The maximum absolute atomic E-state index is 12.5. The van der Waals surface area contributed by atoms with Crippen LogP contribution in [0.2, 0.25) is 10.0 Å². The van der Waals surface area contributed by atoms with Gasteiger partial charge in [0.2, 0.25) is 0 Å². The zero-order valence-corrected chi connectivity index (χ0v) is 21.5. The Morgan fingerprint density at radius 3 is 2.72 bits per heavy atom. The van der Waals surface area contributed by atoms with Gasteiger partial charge in [-0.3, -0.25) is 10.1 Å². The van der Waals surface area contributed by atoms with E-state index in [1.54, 1.807) is 36.5 Å². The lowest BCUT2D eigenvalue weighted by molar-refractivity contribution is -0.125. The van der Waals surface area contributed by atoms with Crippen molar-refractivity contribution in [3.8, 4) is 11.8 Å². The molecule has 1 amide bonds. The molecule has 2 unspecified atom stereocenters. The van der Waals surface area contributed by atoms with Gasteiger partial charge in [0.05, 0.1) is 10.6 Å². The van der Waals surface area contributed by atoms with Crippen molar-refractivity contribution in [2.24, 2.45) is 11.3 Å². The molecule has 1 aliphatic carbocycles. The number of nitrogens with one attached hydrogen (secondary N) is 2. The molecule has 32 heavy (non-hydrogen) atoms. The molecule has 1 aromatic heterocycles. The minimum absolute atomic E-state index is 0.120. The van der Waals surface area contributed by atoms with E-state index in [0.717, 1.165) is 24.8 Å². The SMILES string of the molecule is CC(Oc1ccc(Cl)cc1Cl)C(=O)NC(=S)Nc1sc2c(c1C#N)CCC(C(C)(C)C)C2. The largest absolute Gasteiger partial charge is 0.479 e. The van der Waals surface area contributed by atoms with Crippen molar-refractivity contribution in [1.29, 1.82) is 5.26 Å². The van der Waals surface area contributed by atoms with Crippen LogP contribution in [0, 0.1) is 22.7 Å². The van der Waals surface area contributed by atoms with Gasteiger partial charge < -0.3 is 10.1 Å². The summed E-state index contributed by atoms with van der Waals surface area (Å²) < 4.78 is 5.63. The zero-order valence-electron chi connectivity index (χ0n) is 18.3. The average Bonchev–Trinajstić information content (AvgIpc) is 3.05. The molecular formula is C23H25Cl2N3O2S2. The smallest absolute Gasteiger partial charge is 0.266 e. The fourth-order valence-corrected chi connectivity index (χ4v) is 5.70. The first kappa shape index (κ1) is 24.8. The first-order chi connectivity index (χ1) is 15.0. The summed E-state index contributed by atoms with van der Waals surface area (Å²) in [5.74, 6) is 0.488. The Labute approximate surface area is 208 Å². The predicted octanol–water partition coefficient (Wildman–Crippen LogP) is 6.36. The van der Waals surface area contributed by atoms with Gasteiger partial charge in [0.1, 0.15) is 16.8 Å². The van der Waals surface area contributed by atoms with Crippen molar-refractivity contribution >= 4 is 62.8 Å². The van der Waals surface area contributed by atoms with E-state index in [0.29, 0.717) is 32.3 Å². The maximum atomic E-state index is 12.5. The van der Waals surface area contributed by atoms with Gasteiger partial charge in [-0.25, -0.2) is 0 Å². The number of rotatable bonds is 4. The van der Waals surface area contributed by atoms with E-state index < -0.39 is 12.0 Å². The van der Waals surface area contributed by atoms with Gasteiger partial charge in [-0.05, 0) is 73.5 Å². The van der Waals surface area contributed by atoms with Crippen LogP contribution in [0.25, 0.3) is 0 Å². The van der Waals surface area contributed by atoms with Gasteiger partial charge in [0, 0.05) is 9.90 Å². The summed E-state index contributed by atoms with van der Waals surface area (Å²) in [7, 11) is 0. The van der Waals surface area contributed by atoms with Crippen molar-refractivity contribution in [3.63, 3.8) is 0 Å². The molecule has 9 heteroatoms. The molecule has 1 aromatic carbocycles. The van der Waals surface area contributed by atoms with E-state index in [2.05, 4.69) is 37.5 Å². The number of nitriles is 1. The molecule has 5 nitrogen and oxygen atoms in total. The third kappa shape index (κ3) is 5.74. The molecule has 0 saturated heterocycles. The maximum Gasteiger partial charge on any atom is 0.266 e. The molecule has 0 fully saturated rings. The van der Waals surface area contributed by atoms with Crippen LogP contribution in [0.3, 0.4) is 0 Å². The summed E-state index contributed by atoms with van der Waals surface area (Å²) in [4.78, 5) is 13.8. The normalized spacial score (nSPS) is 16.5. The second-order valence-corrected chi connectivity index (χ2v) is 11.3. The van der Waals surface area contributed by atoms with Crippen molar-refractivity contribution < 1.29 is 9.53 Å². The van der Waals surface area contributed by atoms with Crippen molar-refractivity contribution in [2.75, 3.05) is 5.32 Å². The highest BCUT2D eigenvalue weighted by molar-refractivity contribution is 7.80. The van der Waals surface area contributed by atoms with Crippen LogP contribution in [0.4, 0.5) is 5.00 Å². The van der Waals surface area contributed by atoms with E-state index in [1.165, 1.54) is 4.88 Å². The fraction of sp³-hybridized carbons (Fsp3) is 0.435. The number of halogens is 2. The average molecular weight is 511 g/mol. The number of benzene rings is 1. The van der Waals surface area contributed by atoms with Crippen molar-refractivity contribution in [3.05, 3.63) is 44.2 Å². The molecule has 0 bridgehead atoms. The van der Waals surface area contributed by atoms with Crippen LogP contribution in [-0.4, -0.2) is 17.1 Å². The van der Waals surface area contributed by atoms with Gasteiger partial charge in [-0.15, -0.1) is 11.3 Å². The number of thiophene rings is 1. The number of amides is 1. The van der Waals surface area contributed by atoms with E-state index in [1.807, 2.05) is 0 Å². The highest BCUT2D eigenvalue weighted by Crippen LogP contribution is 2.44. The van der Waals surface area contributed by atoms with Crippen molar-refractivity contribution in [1.82, 2.24) is 5.32 Å². The van der Waals surface area contributed by atoms with Crippen LogP contribution >= 0.6 is 46.8 Å². The topological polar surface area (TPSA) is 74.2 Å². The summed E-state index contributed by atoms with van der Waals surface area (Å²) in [6, 6.07) is 7.08. The predicted molar refractivity (Wildman–Crippen MR) is 135 cm³/mol. The number of nitrogens with zero attached hydrogens (tertiary/aromatic N) is 1. The number of carbonyl (C=O) groups excluding carboxylic acids is 1. The molecule has 2 N–H and O–H groups in total. The lowest BCUT2D eigenvalue weighted by Crippen LogP contribution is -2.42. The number of thiocarbonyl (C=S) groups is 1. The van der Waals surface area contributed by atoms with Gasteiger partial charge in [0.25, 0.3) is 5.91 Å². The molecule has 2 atom stereocenters. The standard InChI is InChI=1S/C23H25Cl2N3O2S2/c1-12(30-18-8-6-14(24)10-17(18)25)20(29)27-22(31)28-21-16(11-26)15-7-5-13(23(2,3)4)9-19(15)32-21/h6,8,10,12-13H,5,7,9H2,1-4H3,(H2,27,28,29,31). The van der Waals surface area contributed by atoms with Gasteiger partial charge in [-0.2, -0.15) is 5.26 Å². The van der Waals surface area contributed by atoms with E-state index in [4.69, 9.17) is 40.2 Å². The summed E-state index contributed by atoms with van der Waals surface area (Å²) in [6.45, 7) is 8.36. The number of ether oxygens (including phenoxy) is 1. The van der Waals surface area contributed by atoms with Gasteiger partial charge in [0.15, 0.2) is 11.2 Å². The Hall–Kier alpha value is -1.85. The van der Waals surface area contributed by atoms with Crippen LogP contribution in [0.5, 0.6) is 5.75 Å². The number of hydrogen-bond donors (Lipinski definition) is 2. The molecular weight excluding hydrogens is 485 g/mol. The van der Waals surface area contributed by atoms with Crippen LogP contribution in [-0.2, 0) is 17.6 Å². The number of anilines is 1. The molecule has 3 rings (SSSR count). The summed E-state index contributed by atoms with van der Waals surface area (Å²) in [5.41, 5.74) is 1.93. The Balaban J connectivity index is 1.65. The lowest BCUT2D eigenvalue weighted by atomic mass is 9.72. The minimum atomic E-state index is -0.840. The second kappa shape index (κ2) is 9.96. The van der Waals surface area contributed by atoms with E-state index in [9.17, 15) is 10.1 Å². The summed E-state index contributed by atoms with van der Waals surface area (Å²) in [6.07, 6.45) is 2.05. The van der Waals surface area contributed by atoms with Crippen LogP contribution in [0.1, 0.15) is 50.1 Å².